The number of benzene rings is 1. The van der Waals surface area contributed by atoms with Gasteiger partial charge in [0.25, 0.3) is 5.95 Å². The Balaban J connectivity index is 2.19. The smallest absolute Gasteiger partial charge is 0.476 e. The van der Waals surface area contributed by atoms with Crippen molar-refractivity contribution in [2.45, 2.75) is 64.2 Å². The van der Waals surface area contributed by atoms with E-state index in [2.05, 4.69) is 10.1 Å². The molecular weight excluding hydrogens is 587 g/mol. The van der Waals surface area contributed by atoms with Gasteiger partial charge in [0.05, 0.1) is 40.5 Å². The van der Waals surface area contributed by atoms with Crippen molar-refractivity contribution in [3.63, 3.8) is 0 Å². The minimum absolute atomic E-state index is 0.115. The first-order valence-electron chi connectivity index (χ1n) is 11.8. The van der Waals surface area contributed by atoms with E-state index < -0.39 is 41.6 Å². The molecule has 0 aliphatic heterocycles. The van der Waals surface area contributed by atoms with Crippen LogP contribution in [0.2, 0.25) is 5.02 Å². The fraction of sp³-hybridized carbons (Fsp3) is 0.458. The fourth-order valence-corrected chi connectivity index (χ4v) is 6.45. The second kappa shape index (κ2) is 11.3. The SMILES string of the molecule is COc1c(N(C(=O)O)c2nc3ccc(Cl)cn3n2)ccc(S(C)(=O)=O)c1COP(=O)(OC(C)(C)C)OC(C)(C)C. The van der Waals surface area contributed by atoms with Gasteiger partial charge in [0.15, 0.2) is 15.5 Å². The summed E-state index contributed by atoms with van der Waals surface area (Å²) in [5.74, 6) is -0.454. The number of aromatic nitrogens is 3. The Morgan fingerprint density at radius 2 is 1.70 bits per heavy atom. The molecule has 0 fully saturated rings. The first-order chi connectivity index (χ1) is 18.2. The Morgan fingerprint density at radius 1 is 1.10 bits per heavy atom. The molecule has 40 heavy (non-hydrogen) atoms. The van der Waals surface area contributed by atoms with E-state index in [9.17, 15) is 22.9 Å². The Labute approximate surface area is 237 Å². The predicted molar refractivity (Wildman–Crippen MR) is 148 cm³/mol. The van der Waals surface area contributed by atoms with Gasteiger partial charge in [-0.15, -0.1) is 5.10 Å². The molecule has 3 rings (SSSR count). The molecule has 2 heterocycles. The number of halogens is 1. The Kier molecular flexibility index (Phi) is 8.95. The lowest BCUT2D eigenvalue weighted by Crippen LogP contribution is -2.26. The molecule has 0 saturated heterocycles. The fourth-order valence-electron chi connectivity index (χ4n) is 3.61. The monoisotopic (exact) mass is 618 g/mol. The third-order valence-corrected chi connectivity index (χ3v) is 8.25. The van der Waals surface area contributed by atoms with Crippen LogP contribution in [-0.2, 0) is 34.6 Å². The van der Waals surface area contributed by atoms with Gasteiger partial charge in [-0.2, -0.15) is 4.98 Å². The maximum atomic E-state index is 13.7. The number of carboxylic acid groups (broad SMARTS) is 1. The molecule has 0 spiro atoms. The van der Waals surface area contributed by atoms with Crippen LogP contribution >= 0.6 is 19.4 Å². The number of ether oxygens (including phenoxy) is 1. The molecule has 2 aromatic heterocycles. The second-order valence-electron chi connectivity index (χ2n) is 10.7. The average Bonchev–Trinajstić information content (AvgIpc) is 3.16. The standard InChI is InChI=1S/C24H32ClN4O9PS/c1-23(2,3)37-39(32,38-24(4,5)6)36-14-16-18(40(8,33)34)11-10-17(20(16)35-7)29(22(30)31)21-26-19-12-9-15(25)13-28(19)27-21/h9-13H,14H2,1-8H3,(H,30,31). The van der Waals surface area contributed by atoms with Crippen molar-refractivity contribution >= 4 is 52.6 Å². The number of phosphoric acid groups is 1. The summed E-state index contributed by atoms with van der Waals surface area (Å²) in [4.78, 5) is 17.2. The van der Waals surface area contributed by atoms with Crippen molar-refractivity contribution in [1.82, 2.24) is 14.6 Å². The van der Waals surface area contributed by atoms with Gasteiger partial charge in [-0.3, -0.25) is 13.6 Å². The Hall–Kier alpha value is -2.74. The minimum atomic E-state index is -4.29. The van der Waals surface area contributed by atoms with Crippen LogP contribution < -0.4 is 9.64 Å². The van der Waals surface area contributed by atoms with Crippen LogP contribution in [0.3, 0.4) is 0 Å². The predicted octanol–water partition coefficient (Wildman–Crippen LogP) is 5.87. The number of fused-ring (bicyclic) bond motifs is 1. The zero-order valence-electron chi connectivity index (χ0n) is 23.3. The third kappa shape index (κ3) is 7.71. The van der Waals surface area contributed by atoms with Crippen molar-refractivity contribution in [2.75, 3.05) is 18.3 Å². The van der Waals surface area contributed by atoms with E-state index >= 15 is 0 Å². The van der Waals surface area contributed by atoms with Gasteiger partial charge in [0, 0.05) is 18.0 Å². The summed E-state index contributed by atoms with van der Waals surface area (Å²) in [6.45, 7) is 9.27. The van der Waals surface area contributed by atoms with Gasteiger partial charge in [0.1, 0.15) is 5.75 Å². The van der Waals surface area contributed by atoms with E-state index in [4.69, 9.17) is 29.9 Å². The van der Waals surface area contributed by atoms with Gasteiger partial charge in [0.2, 0.25) is 0 Å². The van der Waals surface area contributed by atoms with Gasteiger partial charge >= 0.3 is 13.9 Å². The number of hydrogen-bond donors (Lipinski definition) is 1. The molecular formula is C24H32ClN4O9PS. The van der Waals surface area contributed by atoms with E-state index in [1.165, 1.54) is 30.0 Å². The quantitative estimate of drug-likeness (QED) is 0.286. The van der Waals surface area contributed by atoms with Crippen LogP contribution in [0.4, 0.5) is 16.4 Å². The molecule has 1 amide bonds. The van der Waals surface area contributed by atoms with Crippen molar-refractivity contribution in [3.8, 4) is 5.75 Å². The van der Waals surface area contributed by atoms with Crippen LogP contribution in [0.15, 0.2) is 35.4 Å². The summed E-state index contributed by atoms with van der Waals surface area (Å²) in [6, 6.07) is 5.54. The van der Waals surface area contributed by atoms with Crippen molar-refractivity contribution in [2.24, 2.45) is 0 Å². The molecule has 1 aromatic carbocycles. The number of amides is 1. The summed E-state index contributed by atoms with van der Waals surface area (Å²) < 4.78 is 62.8. The van der Waals surface area contributed by atoms with Gasteiger partial charge in [-0.25, -0.2) is 27.2 Å². The largest absolute Gasteiger partial charge is 0.494 e. The second-order valence-corrected chi connectivity index (χ2v) is 14.6. The molecule has 0 bridgehead atoms. The van der Waals surface area contributed by atoms with Gasteiger partial charge in [-0.1, -0.05) is 11.6 Å². The Morgan fingerprint density at radius 3 is 2.20 bits per heavy atom. The highest BCUT2D eigenvalue weighted by molar-refractivity contribution is 7.90. The molecule has 0 aliphatic rings. The van der Waals surface area contributed by atoms with Crippen molar-refractivity contribution in [1.29, 1.82) is 0 Å². The van der Waals surface area contributed by atoms with E-state index in [-0.39, 0.29) is 27.8 Å². The van der Waals surface area contributed by atoms with Crippen LogP contribution in [-0.4, -0.2) is 58.8 Å². The molecule has 220 valence electrons. The van der Waals surface area contributed by atoms with Crippen LogP contribution in [0, 0.1) is 0 Å². The number of pyridine rings is 1. The topological polar surface area (TPSA) is 159 Å². The molecule has 0 aliphatic carbocycles. The van der Waals surface area contributed by atoms with Crippen molar-refractivity contribution in [3.05, 3.63) is 41.0 Å². The zero-order valence-corrected chi connectivity index (χ0v) is 25.8. The molecule has 0 atom stereocenters. The number of hydrogen-bond acceptors (Lipinski definition) is 10. The summed E-state index contributed by atoms with van der Waals surface area (Å²) in [5, 5.41) is 14.7. The Bertz CT molecular complexity index is 1560. The van der Waals surface area contributed by atoms with Crippen LogP contribution in [0.5, 0.6) is 5.75 Å². The number of phosphoric ester groups is 1. The van der Waals surface area contributed by atoms with E-state index in [0.717, 1.165) is 6.26 Å². The lowest BCUT2D eigenvalue weighted by Gasteiger charge is -2.31. The minimum Gasteiger partial charge on any atom is -0.494 e. The normalized spacial score (nSPS) is 13.0. The number of nitrogens with zero attached hydrogens (tertiary/aromatic N) is 4. The highest BCUT2D eigenvalue weighted by Gasteiger charge is 2.38. The zero-order chi connectivity index (χ0) is 30.3. The average molecular weight is 619 g/mol. The van der Waals surface area contributed by atoms with E-state index in [0.29, 0.717) is 15.6 Å². The lowest BCUT2D eigenvalue weighted by molar-refractivity contribution is 0.000448. The maximum Gasteiger partial charge on any atom is 0.476 e. The number of carbonyl (C=O) groups is 1. The molecule has 0 unspecified atom stereocenters. The molecule has 0 radical (unpaired) electrons. The lowest BCUT2D eigenvalue weighted by atomic mass is 10.1. The molecule has 3 aromatic rings. The highest BCUT2D eigenvalue weighted by Crippen LogP contribution is 2.56. The third-order valence-electron chi connectivity index (χ3n) is 4.85. The number of sulfone groups is 1. The molecule has 1 N–H and O–H groups in total. The number of anilines is 2. The van der Waals surface area contributed by atoms with E-state index in [1.54, 1.807) is 53.7 Å². The molecule has 0 saturated carbocycles. The van der Waals surface area contributed by atoms with Crippen LogP contribution in [0.1, 0.15) is 47.1 Å². The molecule has 13 nitrogen and oxygen atoms in total. The first kappa shape index (κ1) is 31.8. The summed E-state index contributed by atoms with van der Waals surface area (Å²) in [6.07, 6.45) is 0.917. The van der Waals surface area contributed by atoms with Crippen LogP contribution in [0.25, 0.3) is 5.65 Å². The highest BCUT2D eigenvalue weighted by atomic mass is 35.5. The van der Waals surface area contributed by atoms with E-state index in [1.807, 2.05) is 0 Å². The summed E-state index contributed by atoms with van der Waals surface area (Å²) >= 11 is 6.01. The molecule has 16 heteroatoms. The summed E-state index contributed by atoms with van der Waals surface area (Å²) in [7, 11) is -6.97. The van der Waals surface area contributed by atoms with Gasteiger partial charge in [-0.05, 0) is 65.8 Å². The number of rotatable bonds is 9. The summed E-state index contributed by atoms with van der Waals surface area (Å²) in [5.41, 5.74) is -1.84. The maximum absolute atomic E-state index is 13.7. The number of methoxy groups -OCH3 is 1. The van der Waals surface area contributed by atoms with Gasteiger partial charge < -0.3 is 9.84 Å². The van der Waals surface area contributed by atoms with Crippen molar-refractivity contribution < 1.29 is 41.2 Å². The first-order valence-corrected chi connectivity index (χ1v) is 15.6.